The van der Waals surface area contributed by atoms with Crippen molar-refractivity contribution in [2.24, 2.45) is 5.92 Å². The van der Waals surface area contributed by atoms with Crippen molar-refractivity contribution in [1.82, 2.24) is 34.7 Å². The minimum Gasteiger partial charge on any atom is -0.362 e. The van der Waals surface area contributed by atoms with Crippen molar-refractivity contribution in [2.45, 2.75) is 44.9 Å². The molecular formula is C31H26Cl2F4N8O2. The number of amides is 1. The van der Waals surface area contributed by atoms with Gasteiger partial charge in [-0.05, 0) is 43.2 Å². The molecule has 1 N–H and O–H groups in total. The molecule has 47 heavy (non-hydrogen) atoms. The summed E-state index contributed by atoms with van der Waals surface area (Å²) >= 11 is 12.3. The molecule has 0 saturated heterocycles. The Hall–Kier alpha value is -4.56. The van der Waals surface area contributed by atoms with Gasteiger partial charge >= 0.3 is 6.18 Å². The number of nitrogens with one attached hydrogen (secondary N) is 1. The normalized spacial score (nSPS) is 19.0. The van der Waals surface area contributed by atoms with Crippen LogP contribution in [0.25, 0.3) is 22.5 Å². The Morgan fingerprint density at radius 2 is 1.96 bits per heavy atom. The monoisotopic (exact) mass is 688 g/mol. The molecule has 0 aliphatic carbocycles. The number of anilines is 1. The smallest absolute Gasteiger partial charge is 0.362 e. The van der Waals surface area contributed by atoms with Crippen LogP contribution in [0.5, 0.6) is 0 Å². The number of hydrogen-bond donors (Lipinski definition) is 1. The summed E-state index contributed by atoms with van der Waals surface area (Å²) in [5.74, 6) is -1.58. The maximum absolute atomic E-state index is 16.3. The number of nitrogens with zero attached hydrogens (tertiary/aromatic N) is 7. The average molecular weight is 690 g/mol. The molecule has 1 aromatic carbocycles. The molecule has 3 aromatic heterocycles. The molecule has 2 aliphatic heterocycles. The van der Waals surface area contributed by atoms with Crippen molar-refractivity contribution in [3.05, 3.63) is 88.0 Å². The fourth-order valence-corrected chi connectivity index (χ4v) is 6.19. The number of fused-ring (bicyclic) bond motifs is 4. The summed E-state index contributed by atoms with van der Waals surface area (Å²) in [5, 5.41) is 14.8. The van der Waals surface area contributed by atoms with Gasteiger partial charge in [0.1, 0.15) is 18.7 Å². The molecule has 16 heteroatoms. The summed E-state index contributed by atoms with van der Waals surface area (Å²) in [7, 11) is 0. The zero-order chi connectivity index (χ0) is 33.5. The zero-order valence-corrected chi connectivity index (χ0v) is 26.2. The Morgan fingerprint density at radius 1 is 1.15 bits per heavy atom. The van der Waals surface area contributed by atoms with Gasteiger partial charge in [-0.2, -0.15) is 18.3 Å². The van der Waals surface area contributed by atoms with Gasteiger partial charge in [0.15, 0.2) is 5.15 Å². The van der Waals surface area contributed by atoms with Crippen LogP contribution in [0.4, 0.5) is 23.2 Å². The predicted molar refractivity (Wildman–Crippen MR) is 166 cm³/mol. The van der Waals surface area contributed by atoms with E-state index in [0.717, 1.165) is 4.68 Å². The fraction of sp³-hybridized carbons (Fsp3) is 0.290. The Labute approximate surface area is 275 Å². The van der Waals surface area contributed by atoms with E-state index in [-0.39, 0.29) is 40.1 Å². The molecule has 0 unspecified atom stereocenters. The Morgan fingerprint density at radius 3 is 2.68 bits per heavy atom. The van der Waals surface area contributed by atoms with Crippen LogP contribution in [0.3, 0.4) is 0 Å². The molecule has 6 rings (SSSR count). The maximum atomic E-state index is 16.3. The van der Waals surface area contributed by atoms with Crippen LogP contribution in [0.1, 0.15) is 43.5 Å². The van der Waals surface area contributed by atoms with E-state index >= 15 is 4.39 Å². The van der Waals surface area contributed by atoms with Crippen molar-refractivity contribution in [3.8, 4) is 16.9 Å². The zero-order valence-electron chi connectivity index (χ0n) is 24.7. The molecule has 5 heterocycles. The molecule has 10 nitrogen and oxygen atoms in total. The molecule has 1 amide bonds. The van der Waals surface area contributed by atoms with Crippen LogP contribution in [0.15, 0.2) is 66.5 Å². The minimum atomic E-state index is -4.58. The molecule has 2 aliphatic rings. The summed E-state index contributed by atoms with van der Waals surface area (Å²) in [5.41, 5.74) is 1.76. The van der Waals surface area contributed by atoms with E-state index in [4.69, 9.17) is 23.2 Å². The molecule has 2 bridgehead atoms. The molecule has 4 aromatic rings. The molecule has 244 valence electrons. The number of pyridine rings is 1. The summed E-state index contributed by atoms with van der Waals surface area (Å²) < 4.78 is 58.9. The van der Waals surface area contributed by atoms with E-state index in [1.807, 2.05) is 0 Å². The lowest BCUT2D eigenvalue weighted by atomic mass is 9.92. The lowest BCUT2D eigenvalue weighted by Gasteiger charge is -2.34. The summed E-state index contributed by atoms with van der Waals surface area (Å²) in [6, 6.07) is 7.23. The number of rotatable bonds is 5. The second kappa shape index (κ2) is 12.9. The summed E-state index contributed by atoms with van der Waals surface area (Å²) in [6.45, 7) is 0.315. The standard InChI is InChI=1S/C31H26Cl2F4N8O2/c1-17-3-2-4-26(23-9-18(7-8-38-23)29-24(40-30(17)47)11-39-45(29)16-31(35,36)37)43-12-19(15-46)28(22(34)13-43)21-10-20(32)5-6-25(21)44-14-27(33)41-42-44/h5-11,13-15,17,26H,2-4,12,16H2,1H3,(H,40,47)/t17-,26+/m1/s1. The number of alkyl halides is 3. The highest BCUT2D eigenvalue weighted by atomic mass is 35.5. The van der Waals surface area contributed by atoms with E-state index in [1.54, 1.807) is 30.0 Å². The van der Waals surface area contributed by atoms with Crippen LogP contribution < -0.4 is 5.32 Å². The number of carbonyl (C=O) groups is 2. The number of benzene rings is 1. The summed E-state index contributed by atoms with van der Waals surface area (Å²) in [6.07, 6.45) is 2.69. The number of aromatic nitrogens is 6. The minimum absolute atomic E-state index is 0.0150. The van der Waals surface area contributed by atoms with Crippen LogP contribution in [-0.2, 0) is 16.1 Å². The predicted octanol–water partition coefficient (Wildman–Crippen LogP) is 6.97. The first-order chi connectivity index (χ1) is 22.4. The van der Waals surface area contributed by atoms with Gasteiger partial charge in [0, 0.05) is 52.2 Å². The second-order valence-corrected chi connectivity index (χ2v) is 12.1. The molecular weight excluding hydrogens is 663 g/mol. The average Bonchev–Trinajstić information content (AvgIpc) is 3.62. The van der Waals surface area contributed by atoms with E-state index in [0.29, 0.717) is 53.1 Å². The quantitative estimate of drug-likeness (QED) is 0.178. The highest BCUT2D eigenvalue weighted by Crippen LogP contribution is 2.40. The SMILES string of the molecule is C[C@@H]1CCC[C@H](N2C=C(F)C(c3cc(Cl)ccc3-n3cc(Cl)nn3)=C(C=O)C2)c2cc(ccn2)-c2c(cnn2CC(F)(F)F)NC1=O. The number of halogens is 6. The van der Waals surface area contributed by atoms with Gasteiger partial charge in [0.25, 0.3) is 0 Å². The molecule has 2 atom stereocenters. The van der Waals surface area contributed by atoms with Crippen LogP contribution in [0.2, 0.25) is 10.2 Å². The third-order valence-corrected chi connectivity index (χ3v) is 8.47. The molecule has 0 radical (unpaired) electrons. The van der Waals surface area contributed by atoms with Crippen LogP contribution >= 0.6 is 23.2 Å². The van der Waals surface area contributed by atoms with Gasteiger partial charge in [-0.15, -0.1) is 5.10 Å². The number of carbonyl (C=O) groups excluding carboxylic acids is 2. The van der Waals surface area contributed by atoms with Crippen LogP contribution in [0, 0.1) is 5.92 Å². The number of hydrogen-bond acceptors (Lipinski definition) is 7. The third-order valence-electron chi connectivity index (χ3n) is 8.06. The topological polar surface area (TPSA) is 111 Å². The third kappa shape index (κ3) is 6.79. The first kappa shape index (κ1) is 32.4. The summed E-state index contributed by atoms with van der Waals surface area (Å²) in [4.78, 5) is 31.7. The van der Waals surface area contributed by atoms with Crippen molar-refractivity contribution in [1.29, 1.82) is 0 Å². The lowest BCUT2D eigenvalue weighted by Crippen LogP contribution is -2.31. The fourth-order valence-electron chi connectivity index (χ4n) is 5.89. The van der Waals surface area contributed by atoms with E-state index in [9.17, 15) is 22.8 Å². The second-order valence-electron chi connectivity index (χ2n) is 11.3. The van der Waals surface area contributed by atoms with E-state index in [1.165, 1.54) is 41.6 Å². The van der Waals surface area contributed by atoms with Gasteiger partial charge in [0.05, 0.1) is 41.2 Å². The van der Waals surface area contributed by atoms with Gasteiger partial charge in [-0.25, -0.2) is 9.07 Å². The van der Waals surface area contributed by atoms with Gasteiger partial charge < -0.3 is 10.2 Å². The van der Waals surface area contributed by atoms with Crippen molar-refractivity contribution in [3.63, 3.8) is 0 Å². The number of aldehydes is 1. The van der Waals surface area contributed by atoms with Crippen molar-refractivity contribution in [2.75, 3.05) is 11.9 Å². The molecule has 0 saturated carbocycles. The largest absolute Gasteiger partial charge is 0.408 e. The highest BCUT2D eigenvalue weighted by Gasteiger charge is 2.33. The molecule has 0 spiro atoms. The first-order valence-corrected chi connectivity index (χ1v) is 15.3. The van der Waals surface area contributed by atoms with E-state index < -0.39 is 30.5 Å². The van der Waals surface area contributed by atoms with E-state index in [2.05, 4.69) is 25.7 Å². The molecule has 0 fully saturated rings. The lowest BCUT2D eigenvalue weighted by molar-refractivity contribution is -0.142. The van der Waals surface area contributed by atoms with Crippen molar-refractivity contribution < 1.29 is 27.2 Å². The maximum Gasteiger partial charge on any atom is 0.408 e. The highest BCUT2D eigenvalue weighted by molar-refractivity contribution is 6.31. The Balaban J connectivity index is 1.43. The van der Waals surface area contributed by atoms with Gasteiger partial charge in [-0.3, -0.25) is 19.3 Å². The first-order valence-electron chi connectivity index (χ1n) is 14.5. The van der Waals surface area contributed by atoms with Crippen molar-refractivity contribution >= 4 is 46.7 Å². The number of allylic oxidation sites excluding steroid dienone is 2. The van der Waals surface area contributed by atoms with Gasteiger partial charge in [0.2, 0.25) is 5.91 Å². The Bertz CT molecular complexity index is 1920. The van der Waals surface area contributed by atoms with Crippen LogP contribution in [-0.4, -0.2) is 59.6 Å². The Kier molecular flexibility index (Phi) is 8.90. The van der Waals surface area contributed by atoms with Gasteiger partial charge in [-0.1, -0.05) is 41.8 Å².